The number of methoxy groups -OCH3 is 2. The molecule has 1 atom stereocenters. The van der Waals surface area contributed by atoms with E-state index >= 15 is 0 Å². The van der Waals surface area contributed by atoms with Gasteiger partial charge in [-0.15, -0.1) is 0 Å². The van der Waals surface area contributed by atoms with Crippen molar-refractivity contribution in [3.8, 4) is 17.2 Å². The van der Waals surface area contributed by atoms with Crippen LogP contribution in [0.5, 0.6) is 17.2 Å². The number of ketones is 1. The zero-order chi connectivity index (χ0) is 26.2. The van der Waals surface area contributed by atoms with Crippen molar-refractivity contribution in [2.45, 2.75) is 45.8 Å². The van der Waals surface area contributed by atoms with Gasteiger partial charge in [0, 0.05) is 25.8 Å². The van der Waals surface area contributed by atoms with Gasteiger partial charge in [0.15, 0.2) is 11.5 Å². The number of Topliss-reactive ketones (excluding diaryl/α,β-unsaturated/α-hetero) is 1. The van der Waals surface area contributed by atoms with Gasteiger partial charge in [-0.1, -0.05) is 25.1 Å². The number of hydrogen-bond donors (Lipinski definition) is 1. The highest BCUT2D eigenvalue weighted by Crippen LogP contribution is 2.42. The number of carbonyl (C=O) groups excluding carboxylic acids is 2. The minimum absolute atomic E-state index is 0.0182. The Morgan fingerprint density at radius 2 is 1.83 bits per heavy atom. The average molecular weight is 498 g/mol. The molecule has 0 aliphatic carbocycles. The number of amides is 1. The Morgan fingerprint density at radius 1 is 1.06 bits per heavy atom. The third-order valence-electron chi connectivity index (χ3n) is 5.73. The zero-order valence-electron chi connectivity index (χ0n) is 21.6. The van der Waals surface area contributed by atoms with Crippen LogP contribution in [-0.2, 0) is 14.3 Å². The first kappa shape index (κ1) is 27.1. The lowest BCUT2D eigenvalue weighted by Crippen LogP contribution is -2.31. The summed E-state index contributed by atoms with van der Waals surface area (Å²) in [5.74, 6) is -0.0690. The molecule has 2 aromatic rings. The molecular formula is C28H35NO7. The van der Waals surface area contributed by atoms with Crippen molar-refractivity contribution in [1.82, 2.24) is 4.90 Å². The topological polar surface area (TPSA) is 94.5 Å². The normalized spacial score (nSPS) is 17.1. The lowest BCUT2D eigenvalue weighted by molar-refractivity contribution is -0.140. The number of ether oxygens (including phenoxy) is 4. The third kappa shape index (κ3) is 5.99. The Bertz CT molecular complexity index is 1110. The monoisotopic (exact) mass is 497 g/mol. The maximum Gasteiger partial charge on any atom is 0.295 e. The van der Waals surface area contributed by atoms with E-state index in [2.05, 4.69) is 0 Å². The van der Waals surface area contributed by atoms with Crippen molar-refractivity contribution < 1.29 is 33.6 Å². The van der Waals surface area contributed by atoms with Gasteiger partial charge < -0.3 is 29.0 Å². The Labute approximate surface area is 212 Å². The highest BCUT2D eigenvalue weighted by atomic mass is 16.5. The molecule has 1 aliphatic rings. The van der Waals surface area contributed by atoms with E-state index in [-0.39, 0.29) is 24.0 Å². The molecule has 1 aliphatic heterocycles. The molecule has 1 unspecified atom stereocenters. The smallest absolute Gasteiger partial charge is 0.295 e. The number of aliphatic hydroxyl groups excluding tert-OH is 1. The molecule has 8 heteroatoms. The second-order valence-electron chi connectivity index (χ2n) is 8.79. The van der Waals surface area contributed by atoms with Gasteiger partial charge in [-0.05, 0) is 56.5 Å². The first-order valence-electron chi connectivity index (χ1n) is 12.2. The van der Waals surface area contributed by atoms with Gasteiger partial charge in [0.05, 0.1) is 31.4 Å². The van der Waals surface area contributed by atoms with Crippen molar-refractivity contribution in [2.24, 2.45) is 0 Å². The van der Waals surface area contributed by atoms with E-state index in [9.17, 15) is 14.7 Å². The summed E-state index contributed by atoms with van der Waals surface area (Å²) in [6.45, 7) is 7.06. The van der Waals surface area contributed by atoms with E-state index in [1.54, 1.807) is 49.6 Å². The highest BCUT2D eigenvalue weighted by molar-refractivity contribution is 6.46. The number of carbonyl (C=O) groups is 2. The van der Waals surface area contributed by atoms with E-state index in [1.165, 1.54) is 12.0 Å². The van der Waals surface area contributed by atoms with Gasteiger partial charge in [-0.3, -0.25) is 9.59 Å². The molecule has 0 radical (unpaired) electrons. The number of nitrogens with zero attached hydrogens (tertiary/aromatic N) is 1. The molecule has 1 N–H and O–H groups in total. The van der Waals surface area contributed by atoms with Gasteiger partial charge in [-0.2, -0.15) is 0 Å². The third-order valence-corrected chi connectivity index (χ3v) is 5.73. The molecule has 1 fully saturated rings. The predicted molar refractivity (Wildman–Crippen MR) is 136 cm³/mol. The van der Waals surface area contributed by atoms with E-state index in [0.717, 1.165) is 6.42 Å². The number of hydrogen-bond acceptors (Lipinski definition) is 7. The van der Waals surface area contributed by atoms with E-state index in [1.807, 2.05) is 20.8 Å². The largest absolute Gasteiger partial charge is 0.507 e. The Hall–Kier alpha value is -3.52. The average Bonchev–Trinajstić information content (AvgIpc) is 3.12. The van der Waals surface area contributed by atoms with Gasteiger partial charge in [0.1, 0.15) is 11.5 Å². The number of likely N-dealkylation sites (tertiary alicyclic amines) is 1. The minimum atomic E-state index is -0.802. The van der Waals surface area contributed by atoms with Gasteiger partial charge in [-0.25, -0.2) is 0 Å². The number of rotatable bonds is 12. The van der Waals surface area contributed by atoms with Gasteiger partial charge >= 0.3 is 0 Å². The van der Waals surface area contributed by atoms with Gasteiger partial charge in [0.2, 0.25) is 0 Å². The van der Waals surface area contributed by atoms with Crippen LogP contribution in [0.4, 0.5) is 0 Å². The number of benzene rings is 2. The van der Waals surface area contributed by atoms with Crippen molar-refractivity contribution in [3.63, 3.8) is 0 Å². The summed E-state index contributed by atoms with van der Waals surface area (Å²) < 4.78 is 22.2. The summed E-state index contributed by atoms with van der Waals surface area (Å²) in [6.07, 6.45) is 1.30. The van der Waals surface area contributed by atoms with Crippen molar-refractivity contribution in [2.75, 3.05) is 34.0 Å². The molecule has 0 bridgehead atoms. The molecule has 36 heavy (non-hydrogen) atoms. The Kier molecular flexibility index (Phi) is 9.36. The fourth-order valence-corrected chi connectivity index (χ4v) is 4.15. The predicted octanol–water partition coefficient (Wildman–Crippen LogP) is 4.73. The van der Waals surface area contributed by atoms with Crippen molar-refractivity contribution in [1.29, 1.82) is 0 Å². The second kappa shape index (κ2) is 12.4. The molecule has 0 aromatic heterocycles. The molecule has 2 aromatic carbocycles. The SMILES string of the molecule is CCCOc1cccc(/C(O)=C2/C(=O)C(=O)N(CCCOC)C2c2ccc(OC(C)C)c(OC)c2)c1. The van der Waals surface area contributed by atoms with E-state index < -0.39 is 17.7 Å². The van der Waals surface area contributed by atoms with Crippen LogP contribution in [0.25, 0.3) is 5.76 Å². The first-order valence-corrected chi connectivity index (χ1v) is 12.2. The first-order chi connectivity index (χ1) is 17.3. The maximum atomic E-state index is 13.2. The lowest BCUT2D eigenvalue weighted by Gasteiger charge is -2.26. The lowest BCUT2D eigenvalue weighted by atomic mass is 9.95. The van der Waals surface area contributed by atoms with Crippen LogP contribution in [0, 0.1) is 0 Å². The molecular weight excluding hydrogens is 462 g/mol. The van der Waals surface area contributed by atoms with Crippen LogP contribution < -0.4 is 14.2 Å². The fourth-order valence-electron chi connectivity index (χ4n) is 4.15. The van der Waals surface area contributed by atoms with E-state index in [0.29, 0.717) is 48.0 Å². The highest BCUT2D eigenvalue weighted by Gasteiger charge is 2.46. The number of aliphatic hydroxyl groups is 1. The van der Waals surface area contributed by atoms with Gasteiger partial charge in [0.25, 0.3) is 11.7 Å². The molecule has 1 saturated heterocycles. The van der Waals surface area contributed by atoms with Crippen molar-refractivity contribution in [3.05, 3.63) is 59.2 Å². The van der Waals surface area contributed by atoms with Crippen molar-refractivity contribution >= 4 is 17.4 Å². The molecule has 1 amide bonds. The summed E-state index contributed by atoms with van der Waals surface area (Å²) in [6, 6.07) is 11.4. The molecule has 8 nitrogen and oxygen atoms in total. The minimum Gasteiger partial charge on any atom is -0.507 e. The Balaban J connectivity index is 2.12. The molecule has 194 valence electrons. The van der Waals surface area contributed by atoms with E-state index in [4.69, 9.17) is 18.9 Å². The summed E-state index contributed by atoms with van der Waals surface area (Å²) in [4.78, 5) is 27.8. The Morgan fingerprint density at radius 3 is 2.50 bits per heavy atom. The summed E-state index contributed by atoms with van der Waals surface area (Å²) >= 11 is 0. The molecule has 1 heterocycles. The summed E-state index contributed by atoms with van der Waals surface area (Å²) in [7, 11) is 3.11. The summed E-state index contributed by atoms with van der Waals surface area (Å²) in [5, 5.41) is 11.3. The molecule has 0 saturated carbocycles. The zero-order valence-corrected chi connectivity index (χ0v) is 21.6. The summed E-state index contributed by atoms with van der Waals surface area (Å²) in [5.41, 5.74) is 1.04. The van der Waals surface area contributed by atoms with Crippen LogP contribution in [-0.4, -0.2) is 61.8 Å². The molecule has 3 rings (SSSR count). The van der Waals surface area contributed by atoms with Crippen LogP contribution in [0.1, 0.15) is 50.8 Å². The van der Waals surface area contributed by atoms with Crippen LogP contribution in [0.2, 0.25) is 0 Å². The van der Waals surface area contributed by atoms with Crippen LogP contribution in [0.15, 0.2) is 48.0 Å². The standard InChI is InChI=1S/C28H35NO7/c1-6-14-35-21-10-7-9-20(16-21)26(30)24-25(29(13-8-15-33-4)28(32)27(24)31)19-11-12-22(36-18(2)3)23(17-19)34-5/h7,9-12,16-18,25,30H,6,8,13-15H2,1-5H3/b26-24-. The maximum absolute atomic E-state index is 13.2. The van der Waals surface area contributed by atoms with Crippen LogP contribution >= 0.6 is 0 Å². The quantitative estimate of drug-likeness (QED) is 0.196. The second-order valence-corrected chi connectivity index (χ2v) is 8.79. The molecule has 0 spiro atoms. The fraction of sp³-hybridized carbons (Fsp3) is 0.429. The van der Waals surface area contributed by atoms with Crippen LogP contribution in [0.3, 0.4) is 0 Å².